The van der Waals surface area contributed by atoms with Crippen LogP contribution in [0.4, 0.5) is 0 Å². The van der Waals surface area contributed by atoms with E-state index in [0.29, 0.717) is 30.1 Å². The van der Waals surface area contributed by atoms with Gasteiger partial charge in [-0.3, -0.25) is 4.90 Å². The van der Waals surface area contributed by atoms with E-state index in [2.05, 4.69) is 14.6 Å². The van der Waals surface area contributed by atoms with Gasteiger partial charge in [-0.2, -0.15) is 0 Å². The predicted octanol–water partition coefficient (Wildman–Crippen LogP) is 2.43. The number of hydrogen-bond acceptors (Lipinski definition) is 6. The summed E-state index contributed by atoms with van der Waals surface area (Å²) >= 11 is 0. The first-order valence-electron chi connectivity index (χ1n) is 9.85. The Hall–Kier alpha value is -1.74. The molecule has 2 aliphatic heterocycles. The fraction of sp³-hybridized carbons (Fsp3) is 0.550. The number of likely N-dealkylation sites (tertiary alicyclic amines) is 1. The van der Waals surface area contributed by atoms with Gasteiger partial charge in [-0.05, 0) is 50.4 Å². The number of oxazole rings is 1. The number of sulfonamides is 1. The van der Waals surface area contributed by atoms with E-state index in [1.165, 1.54) is 0 Å². The molecule has 0 aliphatic carbocycles. The van der Waals surface area contributed by atoms with Crippen molar-refractivity contribution in [3.05, 3.63) is 36.4 Å². The third-order valence-corrected chi connectivity index (χ3v) is 7.15. The zero-order valence-corrected chi connectivity index (χ0v) is 17.0. The van der Waals surface area contributed by atoms with Crippen LogP contribution in [0.1, 0.15) is 25.2 Å². The van der Waals surface area contributed by atoms with Gasteiger partial charge in [0.05, 0.1) is 11.5 Å². The van der Waals surface area contributed by atoms with Gasteiger partial charge < -0.3 is 9.15 Å². The minimum Gasteiger partial charge on any atom is -0.449 e. The predicted molar refractivity (Wildman–Crippen MR) is 105 cm³/mol. The highest BCUT2D eigenvalue weighted by Gasteiger charge is 2.28. The number of piperidine rings is 1. The van der Waals surface area contributed by atoms with E-state index < -0.39 is 10.0 Å². The van der Waals surface area contributed by atoms with E-state index in [1.54, 1.807) is 37.5 Å². The molecule has 0 saturated carbocycles. The van der Waals surface area contributed by atoms with Crippen LogP contribution in [0.5, 0.6) is 0 Å². The molecule has 0 bridgehead atoms. The van der Waals surface area contributed by atoms with Gasteiger partial charge in [-0.25, -0.2) is 18.1 Å². The molecule has 0 radical (unpaired) electrons. The molecule has 0 spiro atoms. The fourth-order valence-corrected chi connectivity index (χ4v) is 5.06. The summed E-state index contributed by atoms with van der Waals surface area (Å²) in [6.07, 6.45) is 4.72. The first-order chi connectivity index (χ1) is 13.5. The zero-order valence-electron chi connectivity index (χ0n) is 16.1. The Bertz CT molecular complexity index is 880. The van der Waals surface area contributed by atoms with Crippen molar-refractivity contribution in [2.24, 2.45) is 5.92 Å². The Morgan fingerprint density at radius 3 is 2.54 bits per heavy atom. The van der Waals surface area contributed by atoms with Crippen molar-refractivity contribution in [2.75, 3.05) is 32.8 Å². The Morgan fingerprint density at radius 1 is 1.18 bits per heavy atom. The molecule has 152 valence electrons. The maximum Gasteiger partial charge on any atom is 0.240 e. The van der Waals surface area contributed by atoms with E-state index >= 15 is 0 Å². The normalized spacial score (nSPS) is 22.0. The van der Waals surface area contributed by atoms with Gasteiger partial charge in [0.1, 0.15) is 12.0 Å². The molecule has 2 fully saturated rings. The van der Waals surface area contributed by atoms with Crippen LogP contribution < -0.4 is 4.72 Å². The van der Waals surface area contributed by atoms with Gasteiger partial charge in [0.15, 0.2) is 5.89 Å². The largest absolute Gasteiger partial charge is 0.449 e. The molecule has 4 rings (SSSR count). The molecule has 7 nitrogen and oxygen atoms in total. The second kappa shape index (κ2) is 8.32. The summed E-state index contributed by atoms with van der Waals surface area (Å²) in [5.74, 6) is 0.964. The van der Waals surface area contributed by atoms with Gasteiger partial charge in [0.2, 0.25) is 10.0 Å². The third-order valence-electron chi connectivity index (χ3n) is 5.71. The van der Waals surface area contributed by atoms with E-state index in [1.807, 2.05) is 0 Å². The minimum atomic E-state index is -3.51. The van der Waals surface area contributed by atoms with Crippen LogP contribution in [0.15, 0.2) is 39.8 Å². The van der Waals surface area contributed by atoms with Gasteiger partial charge in [-0.15, -0.1) is 0 Å². The van der Waals surface area contributed by atoms with Crippen molar-refractivity contribution >= 4 is 10.0 Å². The van der Waals surface area contributed by atoms with Gasteiger partial charge in [-0.1, -0.05) is 12.1 Å². The highest BCUT2D eigenvalue weighted by Crippen LogP contribution is 2.23. The quantitative estimate of drug-likeness (QED) is 0.795. The molecule has 0 unspecified atom stereocenters. The van der Waals surface area contributed by atoms with Crippen molar-refractivity contribution in [2.45, 2.75) is 37.1 Å². The van der Waals surface area contributed by atoms with Crippen molar-refractivity contribution in [1.29, 1.82) is 0 Å². The van der Waals surface area contributed by atoms with Crippen LogP contribution >= 0.6 is 0 Å². The summed E-state index contributed by atoms with van der Waals surface area (Å²) in [6, 6.07) is 7.29. The number of aryl methyl sites for hydroxylation is 1. The maximum atomic E-state index is 12.6. The molecule has 0 amide bonds. The molecule has 2 saturated heterocycles. The molecule has 3 heterocycles. The summed E-state index contributed by atoms with van der Waals surface area (Å²) in [4.78, 5) is 7.02. The lowest BCUT2D eigenvalue weighted by Gasteiger charge is -2.35. The van der Waals surface area contributed by atoms with Gasteiger partial charge in [0, 0.05) is 31.7 Å². The van der Waals surface area contributed by atoms with Gasteiger partial charge in [0.25, 0.3) is 0 Å². The molecule has 2 aromatic rings. The van der Waals surface area contributed by atoms with Crippen LogP contribution in [0.25, 0.3) is 11.3 Å². The van der Waals surface area contributed by atoms with Crippen molar-refractivity contribution < 1.29 is 17.6 Å². The monoisotopic (exact) mass is 405 g/mol. The van der Waals surface area contributed by atoms with Crippen LogP contribution in [0.2, 0.25) is 0 Å². The van der Waals surface area contributed by atoms with Crippen molar-refractivity contribution in [1.82, 2.24) is 14.6 Å². The summed E-state index contributed by atoms with van der Waals surface area (Å²) in [6.45, 7) is 6.00. The minimum absolute atomic E-state index is 0.275. The molecular weight excluding hydrogens is 378 g/mol. The Kier molecular flexibility index (Phi) is 5.82. The highest BCUT2D eigenvalue weighted by molar-refractivity contribution is 7.89. The van der Waals surface area contributed by atoms with E-state index in [4.69, 9.17) is 9.15 Å². The molecule has 1 N–H and O–H groups in total. The lowest BCUT2D eigenvalue weighted by atomic mass is 9.96. The van der Waals surface area contributed by atoms with E-state index in [-0.39, 0.29) is 4.90 Å². The molecule has 1 atom stereocenters. The first kappa shape index (κ1) is 19.6. The highest BCUT2D eigenvalue weighted by atomic mass is 32.2. The van der Waals surface area contributed by atoms with E-state index in [0.717, 1.165) is 51.1 Å². The molecule has 2 aliphatic rings. The van der Waals surface area contributed by atoms with Crippen LogP contribution in [0, 0.1) is 12.8 Å². The number of rotatable bonds is 6. The van der Waals surface area contributed by atoms with E-state index in [9.17, 15) is 8.42 Å². The molecule has 28 heavy (non-hydrogen) atoms. The summed E-state index contributed by atoms with van der Waals surface area (Å²) in [7, 11) is -3.51. The topological polar surface area (TPSA) is 84.7 Å². The lowest BCUT2D eigenvalue weighted by Crippen LogP contribution is -2.43. The molecule has 1 aromatic heterocycles. The average Bonchev–Trinajstić information content (AvgIpc) is 3.39. The maximum absolute atomic E-state index is 12.6. The SMILES string of the molecule is Cc1nc(-c2ccc(S(=O)(=O)NCC3CCN([C@H]4CCOC4)CC3)cc2)co1. The lowest BCUT2D eigenvalue weighted by molar-refractivity contribution is 0.111. The standard InChI is InChI=1S/C20H27N3O4S/c1-15-22-20(14-27-15)17-2-4-19(5-3-17)28(24,25)21-12-16-6-9-23(10-7-16)18-8-11-26-13-18/h2-5,14,16,18,21H,6-13H2,1H3/t18-/m0/s1. The molecular formula is C20H27N3O4S. The first-order valence-corrected chi connectivity index (χ1v) is 11.3. The van der Waals surface area contributed by atoms with Crippen LogP contribution in [0.3, 0.4) is 0 Å². The number of benzene rings is 1. The number of ether oxygens (including phenoxy) is 1. The molecule has 1 aromatic carbocycles. The van der Waals surface area contributed by atoms with Crippen LogP contribution in [-0.4, -0.2) is 57.2 Å². The zero-order chi connectivity index (χ0) is 19.6. The Balaban J connectivity index is 1.30. The number of nitrogens with one attached hydrogen (secondary N) is 1. The Labute approximate surface area is 166 Å². The van der Waals surface area contributed by atoms with Crippen molar-refractivity contribution in [3.8, 4) is 11.3 Å². The van der Waals surface area contributed by atoms with Crippen molar-refractivity contribution in [3.63, 3.8) is 0 Å². The second-order valence-corrected chi connectivity index (χ2v) is 9.39. The molecule has 8 heteroatoms. The fourth-order valence-electron chi connectivity index (χ4n) is 3.94. The average molecular weight is 406 g/mol. The second-order valence-electron chi connectivity index (χ2n) is 7.62. The number of nitrogens with zero attached hydrogens (tertiary/aromatic N) is 2. The van der Waals surface area contributed by atoms with Crippen LogP contribution in [-0.2, 0) is 14.8 Å². The summed E-state index contributed by atoms with van der Waals surface area (Å²) in [5.41, 5.74) is 1.54. The smallest absolute Gasteiger partial charge is 0.240 e. The summed E-state index contributed by atoms with van der Waals surface area (Å²) < 4.78 is 38.7. The van der Waals surface area contributed by atoms with Gasteiger partial charge >= 0.3 is 0 Å². The summed E-state index contributed by atoms with van der Waals surface area (Å²) in [5, 5.41) is 0. The number of hydrogen-bond donors (Lipinski definition) is 1. The third kappa shape index (κ3) is 4.46. The number of aromatic nitrogens is 1. The Morgan fingerprint density at radius 2 is 1.93 bits per heavy atom.